The molecule has 0 fully saturated rings. The number of aromatic nitrogens is 2. The Labute approximate surface area is 150 Å². The zero-order chi connectivity index (χ0) is 16.9. The number of hydrogen-bond donors (Lipinski definition) is 0. The highest BCUT2D eigenvalue weighted by molar-refractivity contribution is 6.35. The van der Waals surface area contributed by atoms with Crippen molar-refractivity contribution >= 4 is 23.2 Å². The minimum atomic E-state index is 0.502. The van der Waals surface area contributed by atoms with Crippen LogP contribution in [0.15, 0.2) is 46.9 Å². The molecule has 0 saturated carbocycles. The van der Waals surface area contributed by atoms with E-state index in [1.165, 1.54) is 0 Å². The Hall–Kier alpha value is -2.04. The third kappa shape index (κ3) is 4.08. The van der Waals surface area contributed by atoms with E-state index in [1.54, 1.807) is 18.2 Å². The summed E-state index contributed by atoms with van der Waals surface area (Å²) >= 11 is 11.9. The van der Waals surface area contributed by atoms with Crippen LogP contribution in [0, 0.1) is 6.92 Å². The summed E-state index contributed by atoms with van der Waals surface area (Å²) < 4.78 is 11.4. The lowest BCUT2D eigenvalue weighted by Crippen LogP contribution is -2.00. The fourth-order valence-electron chi connectivity index (χ4n) is 2.27. The van der Waals surface area contributed by atoms with Crippen molar-refractivity contribution in [2.75, 3.05) is 6.61 Å². The molecule has 3 rings (SSSR count). The Morgan fingerprint density at radius 1 is 1.08 bits per heavy atom. The second-order valence-electron chi connectivity index (χ2n) is 5.34. The van der Waals surface area contributed by atoms with Gasteiger partial charge in [0.2, 0.25) is 11.8 Å². The van der Waals surface area contributed by atoms with Crippen molar-refractivity contribution < 1.29 is 9.15 Å². The van der Waals surface area contributed by atoms with Crippen LogP contribution < -0.4 is 4.74 Å². The van der Waals surface area contributed by atoms with Gasteiger partial charge in [0.05, 0.1) is 11.6 Å². The Bertz CT molecular complexity index is 833. The molecule has 124 valence electrons. The highest BCUT2D eigenvalue weighted by Gasteiger charge is 2.10. The van der Waals surface area contributed by atoms with Crippen molar-refractivity contribution in [2.45, 2.75) is 19.8 Å². The lowest BCUT2D eigenvalue weighted by atomic mass is 10.1. The van der Waals surface area contributed by atoms with Gasteiger partial charge >= 0.3 is 0 Å². The summed E-state index contributed by atoms with van der Waals surface area (Å²) in [6, 6.07) is 13.1. The maximum Gasteiger partial charge on any atom is 0.247 e. The van der Waals surface area contributed by atoms with Gasteiger partial charge in [-0.1, -0.05) is 41.4 Å². The summed E-state index contributed by atoms with van der Waals surface area (Å²) in [5.41, 5.74) is 2.06. The van der Waals surface area contributed by atoms with E-state index < -0.39 is 0 Å². The summed E-state index contributed by atoms with van der Waals surface area (Å²) in [6.07, 6.45) is 1.39. The predicted octanol–water partition coefficient (Wildman–Crippen LogP) is 5.36. The van der Waals surface area contributed by atoms with E-state index in [-0.39, 0.29) is 0 Å². The molecule has 0 bridgehead atoms. The minimum absolute atomic E-state index is 0.502. The van der Waals surface area contributed by atoms with Crippen molar-refractivity contribution in [3.05, 3.63) is 64.0 Å². The van der Waals surface area contributed by atoms with E-state index in [9.17, 15) is 0 Å². The van der Waals surface area contributed by atoms with E-state index in [1.807, 2.05) is 31.2 Å². The van der Waals surface area contributed by atoms with Gasteiger partial charge in [0.25, 0.3) is 0 Å². The van der Waals surface area contributed by atoms with Crippen LogP contribution in [-0.2, 0) is 6.42 Å². The van der Waals surface area contributed by atoms with Gasteiger partial charge in [0.1, 0.15) is 5.75 Å². The third-order valence-electron chi connectivity index (χ3n) is 3.53. The molecule has 0 amide bonds. The molecule has 0 unspecified atom stereocenters. The molecule has 0 radical (unpaired) electrons. The van der Waals surface area contributed by atoms with E-state index in [2.05, 4.69) is 10.2 Å². The summed E-state index contributed by atoms with van der Waals surface area (Å²) in [5, 5.41) is 9.29. The second kappa shape index (κ2) is 7.69. The zero-order valence-corrected chi connectivity index (χ0v) is 14.6. The topological polar surface area (TPSA) is 48.2 Å². The average molecular weight is 363 g/mol. The van der Waals surface area contributed by atoms with Crippen LogP contribution in [0.1, 0.15) is 17.9 Å². The van der Waals surface area contributed by atoms with E-state index in [4.69, 9.17) is 32.4 Å². The minimum Gasteiger partial charge on any atom is -0.492 e. The van der Waals surface area contributed by atoms with E-state index in [0.717, 1.165) is 17.5 Å². The maximum atomic E-state index is 6.06. The third-order valence-corrected chi connectivity index (χ3v) is 4.06. The Kier molecular flexibility index (Phi) is 5.38. The lowest BCUT2D eigenvalue weighted by molar-refractivity contribution is 0.305. The average Bonchev–Trinajstić information content (AvgIpc) is 3.02. The standard InChI is InChI=1S/C18H16Cl2N2O2/c1-12-5-2-3-6-14(12)18-22-21-17(24-18)7-4-10-23-16-9-8-13(19)11-15(16)20/h2-3,5-6,8-9,11H,4,7,10H2,1H3. The highest BCUT2D eigenvalue weighted by Crippen LogP contribution is 2.27. The predicted molar refractivity (Wildman–Crippen MR) is 94.7 cm³/mol. The molecule has 1 aromatic heterocycles. The monoisotopic (exact) mass is 362 g/mol. The van der Waals surface area contributed by atoms with Gasteiger partial charge in [0.15, 0.2) is 0 Å². The molecule has 4 nitrogen and oxygen atoms in total. The number of hydrogen-bond acceptors (Lipinski definition) is 4. The molecule has 1 heterocycles. The van der Waals surface area contributed by atoms with Crippen molar-refractivity contribution in [1.29, 1.82) is 0 Å². The van der Waals surface area contributed by atoms with Crippen molar-refractivity contribution in [3.63, 3.8) is 0 Å². The Balaban J connectivity index is 1.54. The van der Waals surface area contributed by atoms with Gasteiger partial charge < -0.3 is 9.15 Å². The van der Waals surface area contributed by atoms with Crippen LogP contribution in [0.3, 0.4) is 0 Å². The highest BCUT2D eigenvalue weighted by atomic mass is 35.5. The number of ether oxygens (including phenoxy) is 1. The lowest BCUT2D eigenvalue weighted by Gasteiger charge is -2.07. The molecule has 0 aliphatic carbocycles. The first-order chi connectivity index (χ1) is 11.6. The van der Waals surface area contributed by atoms with Crippen molar-refractivity contribution in [2.24, 2.45) is 0 Å². The SMILES string of the molecule is Cc1ccccc1-c1nnc(CCCOc2ccc(Cl)cc2Cl)o1. The zero-order valence-electron chi connectivity index (χ0n) is 13.1. The molecule has 3 aromatic rings. The molecule has 0 aliphatic rings. The molecular weight excluding hydrogens is 347 g/mol. The molecule has 2 aromatic carbocycles. The summed E-state index contributed by atoms with van der Waals surface area (Å²) in [7, 11) is 0. The number of nitrogens with zero attached hydrogens (tertiary/aromatic N) is 2. The van der Waals surface area contributed by atoms with Crippen LogP contribution >= 0.6 is 23.2 Å². The first kappa shape index (κ1) is 16.8. The van der Waals surface area contributed by atoms with Crippen LogP contribution in [0.25, 0.3) is 11.5 Å². The number of benzene rings is 2. The van der Waals surface area contributed by atoms with Gasteiger partial charge in [-0.05, 0) is 43.2 Å². The summed E-state index contributed by atoms with van der Waals surface area (Å²) in [6.45, 7) is 2.52. The van der Waals surface area contributed by atoms with E-state index in [0.29, 0.717) is 40.6 Å². The molecule has 0 atom stereocenters. The number of rotatable bonds is 6. The Morgan fingerprint density at radius 2 is 1.92 bits per heavy atom. The van der Waals surface area contributed by atoms with Crippen LogP contribution in [0.2, 0.25) is 10.0 Å². The Morgan fingerprint density at radius 3 is 2.71 bits per heavy atom. The quantitative estimate of drug-likeness (QED) is 0.553. The summed E-state index contributed by atoms with van der Waals surface area (Å²) in [4.78, 5) is 0. The van der Waals surface area contributed by atoms with Crippen LogP contribution in [0.5, 0.6) is 5.75 Å². The molecule has 0 N–H and O–H groups in total. The normalized spacial score (nSPS) is 10.8. The van der Waals surface area contributed by atoms with Gasteiger partial charge in [-0.3, -0.25) is 0 Å². The fraction of sp³-hybridized carbons (Fsp3) is 0.222. The molecule has 24 heavy (non-hydrogen) atoms. The van der Waals surface area contributed by atoms with Crippen LogP contribution in [0.4, 0.5) is 0 Å². The number of halogens is 2. The van der Waals surface area contributed by atoms with Crippen molar-refractivity contribution in [1.82, 2.24) is 10.2 Å². The molecule has 6 heteroatoms. The van der Waals surface area contributed by atoms with Gasteiger partial charge in [-0.15, -0.1) is 10.2 Å². The largest absolute Gasteiger partial charge is 0.492 e. The first-order valence-electron chi connectivity index (χ1n) is 7.60. The second-order valence-corrected chi connectivity index (χ2v) is 6.19. The number of aryl methyl sites for hydroxylation is 2. The smallest absolute Gasteiger partial charge is 0.247 e. The summed E-state index contributed by atoms with van der Waals surface area (Å²) in [5.74, 6) is 1.76. The molecular formula is C18H16Cl2N2O2. The van der Waals surface area contributed by atoms with Gasteiger partial charge in [-0.25, -0.2) is 0 Å². The van der Waals surface area contributed by atoms with Crippen molar-refractivity contribution in [3.8, 4) is 17.2 Å². The molecule has 0 aliphatic heterocycles. The van der Waals surface area contributed by atoms with Gasteiger partial charge in [0, 0.05) is 17.0 Å². The maximum absolute atomic E-state index is 6.06. The molecule has 0 saturated heterocycles. The van der Waals surface area contributed by atoms with Crippen LogP contribution in [-0.4, -0.2) is 16.8 Å². The fourth-order valence-corrected chi connectivity index (χ4v) is 2.74. The van der Waals surface area contributed by atoms with E-state index >= 15 is 0 Å². The van der Waals surface area contributed by atoms with Gasteiger partial charge in [-0.2, -0.15) is 0 Å². The first-order valence-corrected chi connectivity index (χ1v) is 8.35. The molecule has 0 spiro atoms.